The molecule has 1 aliphatic carbocycles. The minimum absolute atomic E-state index is 0.195. The van der Waals surface area contributed by atoms with Crippen molar-refractivity contribution < 1.29 is 19.4 Å². The van der Waals surface area contributed by atoms with E-state index in [0.29, 0.717) is 11.3 Å². The number of benzene rings is 1. The average molecular weight is 248 g/mol. The van der Waals surface area contributed by atoms with Gasteiger partial charge in [0.25, 0.3) is 0 Å². The second-order valence-electron chi connectivity index (χ2n) is 4.18. The summed E-state index contributed by atoms with van der Waals surface area (Å²) in [5, 5.41) is 9.20. The summed E-state index contributed by atoms with van der Waals surface area (Å²) in [5.41, 5.74) is 2.21. The Kier molecular flexibility index (Phi) is 3.99. The Morgan fingerprint density at radius 1 is 1.44 bits per heavy atom. The summed E-state index contributed by atoms with van der Waals surface area (Å²) >= 11 is 0. The molecular weight excluding hydrogens is 232 g/mol. The highest BCUT2D eigenvalue weighted by Crippen LogP contribution is 2.29. The standard InChI is InChI=1S/C14H16O4/c1-17-9-18-11-6-7-12-10(8-11)4-2-3-5-13(12)14(15)16/h5-8H,2-4,9H2,1H3,(H,15,16). The molecular formula is C14H16O4. The summed E-state index contributed by atoms with van der Waals surface area (Å²) in [6, 6.07) is 5.49. The van der Waals surface area contributed by atoms with Crippen LogP contribution in [0.15, 0.2) is 24.3 Å². The topological polar surface area (TPSA) is 55.8 Å². The van der Waals surface area contributed by atoms with E-state index in [4.69, 9.17) is 9.47 Å². The highest BCUT2D eigenvalue weighted by atomic mass is 16.7. The van der Waals surface area contributed by atoms with Crippen LogP contribution in [0.2, 0.25) is 0 Å². The van der Waals surface area contributed by atoms with Crippen LogP contribution in [-0.2, 0) is 16.0 Å². The first-order valence-electron chi connectivity index (χ1n) is 5.91. The Bertz CT molecular complexity index is 477. The van der Waals surface area contributed by atoms with Crippen molar-refractivity contribution >= 4 is 11.5 Å². The molecule has 4 nitrogen and oxygen atoms in total. The highest BCUT2D eigenvalue weighted by molar-refractivity contribution is 6.15. The number of aliphatic carboxylic acids is 1. The number of carboxylic acids is 1. The van der Waals surface area contributed by atoms with Gasteiger partial charge in [-0.3, -0.25) is 0 Å². The van der Waals surface area contributed by atoms with E-state index in [2.05, 4.69) is 0 Å². The van der Waals surface area contributed by atoms with Crippen LogP contribution in [0.25, 0.3) is 5.57 Å². The fraction of sp³-hybridized carbons (Fsp3) is 0.357. The summed E-state index contributed by atoms with van der Waals surface area (Å²) in [7, 11) is 1.56. The first-order valence-corrected chi connectivity index (χ1v) is 5.91. The van der Waals surface area contributed by atoms with Crippen molar-refractivity contribution in [3.63, 3.8) is 0 Å². The van der Waals surface area contributed by atoms with Gasteiger partial charge in [0.1, 0.15) is 5.75 Å². The molecule has 1 aromatic rings. The van der Waals surface area contributed by atoms with Gasteiger partial charge in [0.2, 0.25) is 0 Å². The lowest BCUT2D eigenvalue weighted by molar-refractivity contribution is -0.130. The van der Waals surface area contributed by atoms with Crippen molar-refractivity contribution in [3.05, 3.63) is 35.4 Å². The summed E-state index contributed by atoms with van der Waals surface area (Å²) < 4.78 is 10.2. The predicted octanol–water partition coefficient (Wildman–Crippen LogP) is 2.47. The molecule has 1 aromatic carbocycles. The van der Waals surface area contributed by atoms with Crippen LogP contribution >= 0.6 is 0 Å². The largest absolute Gasteiger partial charge is 0.478 e. The van der Waals surface area contributed by atoms with Gasteiger partial charge >= 0.3 is 5.97 Å². The van der Waals surface area contributed by atoms with E-state index in [1.807, 2.05) is 12.1 Å². The molecule has 0 saturated heterocycles. The SMILES string of the molecule is COCOc1ccc2c(c1)CCCC=C2C(=O)O. The molecule has 0 bridgehead atoms. The summed E-state index contributed by atoms with van der Waals surface area (Å²) in [6.07, 6.45) is 4.42. The number of allylic oxidation sites excluding steroid dienone is 1. The molecule has 0 saturated carbocycles. The average Bonchev–Trinajstić information content (AvgIpc) is 2.57. The zero-order valence-corrected chi connectivity index (χ0v) is 10.3. The van der Waals surface area contributed by atoms with Gasteiger partial charge in [-0.15, -0.1) is 0 Å². The fourth-order valence-electron chi connectivity index (χ4n) is 2.11. The van der Waals surface area contributed by atoms with Crippen molar-refractivity contribution in [1.29, 1.82) is 0 Å². The zero-order chi connectivity index (χ0) is 13.0. The maximum absolute atomic E-state index is 11.2. The normalized spacial score (nSPS) is 14.4. The second kappa shape index (κ2) is 5.69. The molecule has 0 aliphatic heterocycles. The Hall–Kier alpha value is -1.81. The third-order valence-corrected chi connectivity index (χ3v) is 2.94. The molecule has 1 aliphatic rings. The Morgan fingerprint density at radius 3 is 3.00 bits per heavy atom. The van der Waals surface area contributed by atoms with Crippen LogP contribution in [0.3, 0.4) is 0 Å². The number of aryl methyl sites for hydroxylation is 1. The monoisotopic (exact) mass is 248 g/mol. The van der Waals surface area contributed by atoms with Crippen LogP contribution in [0.4, 0.5) is 0 Å². The number of hydrogen-bond donors (Lipinski definition) is 1. The molecule has 0 spiro atoms. The van der Waals surface area contributed by atoms with E-state index in [-0.39, 0.29) is 6.79 Å². The van der Waals surface area contributed by atoms with E-state index in [0.717, 1.165) is 30.4 Å². The fourth-order valence-corrected chi connectivity index (χ4v) is 2.11. The van der Waals surface area contributed by atoms with Gasteiger partial charge in [0.05, 0.1) is 5.57 Å². The van der Waals surface area contributed by atoms with E-state index < -0.39 is 5.97 Å². The van der Waals surface area contributed by atoms with E-state index >= 15 is 0 Å². The maximum Gasteiger partial charge on any atom is 0.335 e. The third-order valence-electron chi connectivity index (χ3n) is 2.94. The Balaban J connectivity index is 2.33. The van der Waals surface area contributed by atoms with Crippen LogP contribution < -0.4 is 4.74 Å². The van der Waals surface area contributed by atoms with Crippen LogP contribution in [0, 0.1) is 0 Å². The molecule has 0 aromatic heterocycles. The molecule has 2 rings (SSSR count). The molecule has 96 valence electrons. The lowest BCUT2D eigenvalue weighted by Gasteiger charge is -2.11. The highest BCUT2D eigenvalue weighted by Gasteiger charge is 2.17. The van der Waals surface area contributed by atoms with Crippen molar-refractivity contribution in [3.8, 4) is 5.75 Å². The predicted molar refractivity (Wildman–Crippen MR) is 67.5 cm³/mol. The van der Waals surface area contributed by atoms with Gasteiger partial charge < -0.3 is 14.6 Å². The minimum atomic E-state index is -0.872. The van der Waals surface area contributed by atoms with E-state index in [1.54, 1.807) is 19.3 Å². The van der Waals surface area contributed by atoms with Crippen LogP contribution in [0.1, 0.15) is 24.0 Å². The van der Waals surface area contributed by atoms with E-state index in [9.17, 15) is 9.90 Å². The molecule has 4 heteroatoms. The number of fused-ring (bicyclic) bond motifs is 1. The quantitative estimate of drug-likeness (QED) is 0.832. The number of ether oxygens (including phenoxy) is 2. The smallest absolute Gasteiger partial charge is 0.335 e. The van der Waals surface area contributed by atoms with Crippen LogP contribution in [0.5, 0.6) is 5.75 Å². The van der Waals surface area contributed by atoms with Gasteiger partial charge in [-0.2, -0.15) is 0 Å². The first-order chi connectivity index (χ1) is 8.72. The number of carbonyl (C=O) groups is 1. The Morgan fingerprint density at radius 2 is 2.28 bits per heavy atom. The molecule has 0 heterocycles. The van der Waals surface area contributed by atoms with E-state index in [1.165, 1.54) is 0 Å². The van der Waals surface area contributed by atoms with Crippen LogP contribution in [-0.4, -0.2) is 25.0 Å². The van der Waals surface area contributed by atoms with Gasteiger partial charge in [0, 0.05) is 7.11 Å². The van der Waals surface area contributed by atoms with Crippen molar-refractivity contribution in [2.24, 2.45) is 0 Å². The lowest BCUT2D eigenvalue weighted by Crippen LogP contribution is -2.03. The molecule has 0 atom stereocenters. The van der Waals surface area contributed by atoms with Crippen molar-refractivity contribution in [2.45, 2.75) is 19.3 Å². The number of rotatable bonds is 4. The summed E-state index contributed by atoms with van der Waals surface area (Å²) in [5.74, 6) is -0.161. The van der Waals surface area contributed by atoms with Gasteiger partial charge in [-0.1, -0.05) is 12.1 Å². The number of hydrogen-bond acceptors (Lipinski definition) is 3. The number of carboxylic acid groups (broad SMARTS) is 1. The van der Waals surface area contributed by atoms with Gasteiger partial charge in [-0.05, 0) is 42.5 Å². The molecule has 18 heavy (non-hydrogen) atoms. The van der Waals surface area contributed by atoms with Gasteiger partial charge in [0.15, 0.2) is 6.79 Å². The summed E-state index contributed by atoms with van der Waals surface area (Å²) in [6.45, 7) is 0.195. The molecule has 0 unspecified atom stereocenters. The zero-order valence-electron chi connectivity index (χ0n) is 10.3. The molecule has 0 radical (unpaired) electrons. The minimum Gasteiger partial charge on any atom is -0.478 e. The van der Waals surface area contributed by atoms with Crippen molar-refractivity contribution in [2.75, 3.05) is 13.9 Å². The van der Waals surface area contributed by atoms with Gasteiger partial charge in [-0.25, -0.2) is 4.79 Å². The maximum atomic E-state index is 11.2. The molecule has 0 fully saturated rings. The molecule has 1 N–H and O–H groups in total. The van der Waals surface area contributed by atoms with Crippen molar-refractivity contribution in [1.82, 2.24) is 0 Å². The summed E-state index contributed by atoms with van der Waals surface area (Å²) in [4.78, 5) is 11.2. The Labute approximate surface area is 106 Å². The number of methoxy groups -OCH3 is 1. The third kappa shape index (κ3) is 2.71. The lowest BCUT2D eigenvalue weighted by atomic mass is 9.99. The first kappa shape index (κ1) is 12.6. The second-order valence-corrected chi connectivity index (χ2v) is 4.18. The molecule has 0 amide bonds.